The van der Waals surface area contributed by atoms with Crippen molar-refractivity contribution in [3.63, 3.8) is 0 Å². The predicted molar refractivity (Wildman–Crippen MR) is 136 cm³/mol. The molecule has 0 aromatic heterocycles. The molecule has 0 fully saturated rings. The zero-order valence-corrected chi connectivity index (χ0v) is 21.3. The summed E-state index contributed by atoms with van der Waals surface area (Å²) in [6.07, 6.45) is 0.645. The molecule has 8 heteroatoms. The van der Waals surface area contributed by atoms with Crippen molar-refractivity contribution in [2.75, 3.05) is 18.0 Å². The van der Waals surface area contributed by atoms with E-state index in [1.165, 1.54) is 24.3 Å². The summed E-state index contributed by atoms with van der Waals surface area (Å²) in [6.45, 7) is 5.46. The number of sulfonamides is 1. The molecule has 0 aliphatic heterocycles. The monoisotopic (exact) mass is 500 g/mol. The van der Waals surface area contributed by atoms with E-state index in [0.717, 1.165) is 26.7 Å². The number of aryl methyl sites for hydroxylation is 2. The molecule has 1 amide bonds. The molecule has 3 aromatic carbocycles. The van der Waals surface area contributed by atoms with Gasteiger partial charge < -0.3 is 10.1 Å². The summed E-state index contributed by atoms with van der Waals surface area (Å²) in [5.74, 6) is 0.364. The fourth-order valence-electron chi connectivity index (χ4n) is 3.67. The minimum absolute atomic E-state index is 0.0584. The van der Waals surface area contributed by atoms with Crippen molar-refractivity contribution in [2.24, 2.45) is 0 Å². The third kappa shape index (κ3) is 5.90. The first-order valence-electron chi connectivity index (χ1n) is 10.9. The molecule has 0 saturated heterocycles. The first-order chi connectivity index (χ1) is 16.1. The normalized spacial score (nSPS) is 12.1. The Morgan fingerprint density at radius 2 is 1.68 bits per heavy atom. The number of amides is 1. The Balaban J connectivity index is 1.89. The van der Waals surface area contributed by atoms with E-state index in [9.17, 15) is 13.2 Å². The van der Waals surface area contributed by atoms with E-state index >= 15 is 0 Å². The summed E-state index contributed by atoms with van der Waals surface area (Å²) >= 11 is 5.94. The number of rotatable bonds is 9. The first-order valence-corrected chi connectivity index (χ1v) is 12.8. The van der Waals surface area contributed by atoms with Crippen molar-refractivity contribution < 1.29 is 17.9 Å². The van der Waals surface area contributed by atoms with Gasteiger partial charge in [0.25, 0.3) is 10.0 Å². The van der Waals surface area contributed by atoms with Crippen molar-refractivity contribution in [1.82, 2.24) is 5.32 Å². The molecule has 0 saturated carbocycles. The number of carbonyl (C=O) groups is 1. The lowest BCUT2D eigenvalue weighted by molar-refractivity contribution is -0.120. The number of carbonyl (C=O) groups excluding carboxylic acids is 1. The van der Waals surface area contributed by atoms with Crippen molar-refractivity contribution in [3.05, 3.63) is 88.4 Å². The topological polar surface area (TPSA) is 75.7 Å². The molecule has 3 aromatic rings. The molecule has 0 aliphatic carbocycles. The minimum Gasteiger partial charge on any atom is -0.496 e. The van der Waals surface area contributed by atoms with E-state index in [1.807, 2.05) is 51.1 Å². The standard InChI is InChI=1S/C26H29ClN2O4S/c1-5-24(20-8-15-25(33-4)19(3)16-20)28-26(30)17-29(22-11-6-18(2)7-12-22)34(31,32)23-13-9-21(27)10-14-23/h6-16,24H,5,17H2,1-4H3,(H,28,30)/t24-/m0/s1. The SMILES string of the molecule is CC[C@H](NC(=O)CN(c1ccc(C)cc1)S(=O)(=O)c1ccc(Cl)cc1)c1ccc(OC)c(C)c1. The highest BCUT2D eigenvalue weighted by Crippen LogP contribution is 2.27. The van der Waals surface area contributed by atoms with E-state index < -0.39 is 15.9 Å². The van der Waals surface area contributed by atoms with Gasteiger partial charge in [-0.3, -0.25) is 9.10 Å². The van der Waals surface area contributed by atoms with Crippen LogP contribution in [0.4, 0.5) is 5.69 Å². The van der Waals surface area contributed by atoms with Crippen LogP contribution in [0.5, 0.6) is 5.75 Å². The van der Waals surface area contributed by atoms with Crippen LogP contribution in [0.15, 0.2) is 71.6 Å². The molecule has 0 unspecified atom stereocenters. The lowest BCUT2D eigenvalue weighted by atomic mass is 10.0. The maximum atomic E-state index is 13.5. The second kappa shape index (κ2) is 10.9. The number of halogens is 1. The smallest absolute Gasteiger partial charge is 0.264 e. The Hall–Kier alpha value is -3.03. The maximum Gasteiger partial charge on any atom is 0.264 e. The molecule has 0 aliphatic rings. The van der Waals surface area contributed by atoms with Crippen LogP contribution in [0.2, 0.25) is 5.02 Å². The second-order valence-electron chi connectivity index (χ2n) is 8.06. The molecule has 0 spiro atoms. The number of benzene rings is 3. The molecule has 3 rings (SSSR count). The molecule has 0 bridgehead atoms. The molecular weight excluding hydrogens is 472 g/mol. The predicted octanol–water partition coefficient (Wildman–Crippen LogP) is 5.43. The highest BCUT2D eigenvalue weighted by Gasteiger charge is 2.28. The van der Waals surface area contributed by atoms with Crippen molar-refractivity contribution in [1.29, 1.82) is 0 Å². The number of hydrogen-bond donors (Lipinski definition) is 1. The van der Waals surface area contributed by atoms with E-state index in [4.69, 9.17) is 16.3 Å². The Kier molecular flexibility index (Phi) is 8.23. The molecule has 0 radical (unpaired) electrons. The summed E-state index contributed by atoms with van der Waals surface area (Å²) in [5.41, 5.74) is 3.28. The van der Waals surface area contributed by atoms with Crippen LogP contribution in [0.3, 0.4) is 0 Å². The van der Waals surface area contributed by atoms with Gasteiger partial charge in [-0.05, 0) is 73.9 Å². The van der Waals surface area contributed by atoms with E-state index in [0.29, 0.717) is 17.1 Å². The van der Waals surface area contributed by atoms with Gasteiger partial charge in [0, 0.05) is 5.02 Å². The first kappa shape index (κ1) is 25.6. The lowest BCUT2D eigenvalue weighted by Crippen LogP contribution is -2.42. The van der Waals surface area contributed by atoms with Crippen LogP contribution in [0.1, 0.15) is 36.1 Å². The summed E-state index contributed by atoms with van der Waals surface area (Å²) in [4.78, 5) is 13.2. The molecule has 180 valence electrons. The fourth-order valence-corrected chi connectivity index (χ4v) is 5.22. The van der Waals surface area contributed by atoms with E-state index in [1.54, 1.807) is 19.2 Å². The summed E-state index contributed by atoms with van der Waals surface area (Å²) in [6, 6.07) is 18.4. The molecule has 0 heterocycles. The molecular formula is C26H29ClN2O4S. The Bertz CT molecular complexity index is 1240. The van der Waals surface area contributed by atoms with Gasteiger partial charge in [0.2, 0.25) is 5.91 Å². The van der Waals surface area contributed by atoms with Crippen molar-refractivity contribution in [2.45, 2.75) is 38.1 Å². The molecule has 6 nitrogen and oxygen atoms in total. The van der Waals surface area contributed by atoms with Gasteiger partial charge in [-0.1, -0.05) is 48.4 Å². The summed E-state index contributed by atoms with van der Waals surface area (Å²) < 4.78 is 33.4. The number of ether oxygens (including phenoxy) is 1. The van der Waals surface area contributed by atoms with Crippen molar-refractivity contribution >= 4 is 33.2 Å². The van der Waals surface area contributed by atoms with Crippen LogP contribution in [0.25, 0.3) is 0 Å². The van der Waals surface area contributed by atoms with Gasteiger partial charge in [-0.2, -0.15) is 0 Å². The van der Waals surface area contributed by atoms with E-state index in [2.05, 4.69) is 5.32 Å². The van der Waals surface area contributed by atoms with Gasteiger partial charge in [0.15, 0.2) is 0 Å². The molecule has 1 atom stereocenters. The zero-order valence-electron chi connectivity index (χ0n) is 19.7. The average Bonchev–Trinajstić information content (AvgIpc) is 2.82. The van der Waals surface area contributed by atoms with Gasteiger partial charge in [-0.15, -0.1) is 0 Å². The van der Waals surface area contributed by atoms with Crippen LogP contribution < -0.4 is 14.4 Å². The van der Waals surface area contributed by atoms with E-state index in [-0.39, 0.29) is 17.5 Å². The van der Waals surface area contributed by atoms with Gasteiger partial charge >= 0.3 is 0 Å². The Morgan fingerprint density at radius 3 is 2.24 bits per heavy atom. The van der Waals surface area contributed by atoms with Crippen LogP contribution in [-0.4, -0.2) is 28.0 Å². The van der Waals surface area contributed by atoms with Crippen LogP contribution in [-0.2, 0) is 14.8 Å². The third-order valence-electron chi connectivity index (χ3n) is 5.58. The van der Waals surface area contributed by atoms with Gasteiger partial charge in [0.1, 0.15) is 12.3 Å². The maximum absolute atomic E-state index is 13.5. The minimum atomic E-state index is -4.00. The second-order valence-corrected chi connectivity index (χ2v) is 10.4. The van der Waals surface area contributed by atoms with Crippen molar-refractivity contribution in [3.8, 4) is 5.75 Å². The Morgan fingerprint density at radius 1 is 1.03 bits per heavy atom. The number of anilines is 1. The number of methoxy groups -OCH3 is 1. The van der Waals surface area contributed by atoms with Crippen LogP contribution >= 0.6 is 11.6 Å². The quantitative estimate of drug-likeness (QED) is 0.425. The zero-order chi connectivity index (χ0) is 24.9. The highest BCUT2D eigenvalue weighted by molar-refractivity contribution is 7.92. The summed E-state index contributed by atoms with van der Waals surface area (Å²) in [5, 5.41) is 3.41. The summed E-state index contributed by atoms with van der Waals surface area (Å²) in [7, 11) is -2.39. The fraction of sp³-hybridized carbons (Fsp3) is 0.269. The molecule has 34 heavy (non-hydrogen) atoms. The lowest BCUT2D eigenvalue weighted by Gasteiger charge is -2.26. The highest BCUT2D eigenvalue weighted by atomic mass is 35.5. The van der Waals surface area contributed by atoms with Crippen LogP contribution in [0, 0.1) is 13.8 Å². The largest absolute Gasteiger partial charge is 0.496 e. The average molecular weight is 501 g/mol. The molecule has 1 N–H and O–H groups in total. The number of nitrogens with one attached hydrogen (secondary N) is 1. The third-order valence-corrected chi connectivity index (χ3v) is 7.62. The van der Waals surface area contributed by atoms with Gasteiger partial charge in [-0.25, -0.2) is 8.42 Å². The number of nitrogens with zero attached hydrogens (tertiary/aromatic N) is 1. The Labute approximate surface area is 206 Å². The van der Waals surface area contributed by atoms with Gasteiger partial charge in [0.05, 0.1) is 23.7 Å². The number of hydrogen-bond acceptors (Lipinski definition) is 4.